The fourth-order valence-electron chi connectivity index (χ4n) is 2.88. The van der Waals surface area contributed by atoms with Crippen LogP contribution >= 0.6 is 27.3 Å². The molecule has 4 nitrogen and oxygen atoms in total. The molecule has 0 aromatic carbocycles. The van der Waals surface area contributed by atoms with Crippen molar-refractivity contribution in [2.24, 2.45) is 5.41 Å². The highest BCUT2D eigenvalue weighted by Gasteiger charge is 2.34. The number of nitrogens with one attached hydrogen (secondary N) is 1. The van der Waals surface area contributed by atoms with E-state index in [1.807, 2.05) is 25.7 Å². The lowest BCUT2D eigenvalue weighted by Gasteiger charge is -2.41. The molecule has 23 heavy (non-hydrogen) atoms. The number of thiophene rings is 1. The number of nitrogens with zero attached hydrogens (tertiary/aromatic N) is 1. The summed E-state index contributed by atoms with van der Waals surface area (Å²) in [6, 6.07) is 4.21. The summed E-state index contributed by atoms with van der Waals surface area (Å²) in [4.78, 5) is 15.5. The first-order valence-electron chi connectivity index (χ1n) is 8.10. The number of carbonyl (C=O) groups excluding carboxylic acids is 1. The van der Waals surface area contributed by atoms with Crippen molar-refractivity contribution in [2.75, 3.05) is 19.6 Å². The number of likely N-dealkylation sites (tertiary alicyclic amines) is 1. The third kappa shape index (κ3) is 6.08. The van der Waals surface area contributed by atoms with E-state index in [0.717, 1.165) is 42.8 Å². The van der Waals surface area contributed by atoms with Gasteiger partial charge in [-0.2, -0.15) is 0 Å². The number of amides is 1. The van der Waals surface area contributed by atoms with Crippen molar-refractivity contribution in [1.29, 1.82) is 0 Å². The summed E-state index contributed by atoms with van der Waals surface area (Å²) >= 11 is 5.25. The zero-order chi connectivity index (χ0) is 17.1. The van der Waals surface area contributed by atoms with Crippen molar-refractivity contribution in [3.63, 3.8) is 0 Å². The van der Waals surface area contributed by atoms with Gasteiger partial charge >= 0.3 is 6.09 Å². The van der Waals surface area contributed by atoms with Crippen molar-refractivity contribution >= 4 is 33.4 Å². The molecule has 0 spiro atoms. The maximum atomic E-state index is 12.3. The van der Waals surface area contributed by atoms with Crippen LogP contribution in [0.3, 0.4) is 0 Å². The van der Waals surface area contributed by atoms with Crippen LogP contribution in [0, 0.1) is 5.41 Å². The summed E-state index contributed by atoms with van der Waals surface area (Å²) < 4.78 is 6.67. The van der Waals surface area contributed by atoms with Gasteiger partial charge in [0.1, 0.15) is 5.60 Å². The molecule has 1 aliphatic rings. The molecule has 1 unspecified atom stereocenters. The molecule has 1 N–H and O–H groups in total. The van der Waals surface area contributed by atoms with Gasteiger partial charge in [-0.15, -0.1) is 11.3 Å². The standard InChI is InChI=1S/C17H27BrN2O2S/c1-16(2,3)22-15(21)20-9-5-8-17(4,12-20)11-19-10-13-6-7-14(18)23-13/h6-7,19H,5,8-12H2,1-4H3. The van der Waals surface area contributed by atoms with Crippen molar-refractivity contribution in [1.82, 2.24) is 10.2 Å². The predicted molar refractivity (Wildman–Crippen MR) is 98.9 cm³/mol. The molecule has 1 fully saturated rings. The van der Waals surface area contributed by atoms with Crippen LogP contribution in [-0.2, 0) is 11.3 Å². The molecule has 1 atom stereocenters. The maximum Gasteiger partial charge on any atom is 0.410 e. The Hall–Kier alpha value is -0.590. The van der Waals surface area contributed by atoms with Crippen LogP contribution in [0.1, 0.15) is 45.4 Å². The minimum atomic E-state index is -0.435. The zero-order valence-electron chi connectivity index (χ0n) is 14.4. The number of carbonyl (C=O) groups is 1. The monoisotopic (exact) mass is 402 g/mol. The maximum absolute atomic E-state index is 12.3. The van der Waals surface area contributed by atoms with Crippen LogP contribution in [0.2, 0.25) is 0 Å². The highest BCUT2D eigenvalue weighted by Crippen LogP contribution is 2.30. The highest BCUT2D eigenvalue weighted by atomic mass is 79.9. The van der Waals surface area contributed by atoms with Gasteiger partial charge in [0.15, 0.2) is 0 Å². The normalized spacial score (nSPS) is 22.2. The lowest BCUT2D eigenvalue weighted by atomic mass is 9.82. The average molecular weight is 403 g/mol. The predicted octanol–water partition coefficient (Wildman–Crippen LogP) is 4.64. The number of rotatable bonds is 4. The molecule has 0 bridgehead atoms. The minimum absolute atomic E-state index is 0.101. The first kappa shape index (κ1) is 18.7. The molecule has 1 aliphatic heterocycles. The lowest BCUT2D eigenvalue weighted by molar-refractivity contribution is 0.00676. The molecule has 0 aliphatic carbocycles. The Morgan fingerprint density at radius 3 is 2.83 bits per heavy atom. The van der Waals surface area contributed by atoms with Gasteiger partial charge in [0, 0.05) is 31.1 Å². The number of piperidine rings is 1. The molecule has 6 heteroatoms. The van der Waals surface area contributed by atoms with E-state index in [1.54, 1.807) is 11.3 Å². The van der Waals surface area contributed by atoms with E-state index in [-0.39, 0.29) is 11.5 Å². The van der Waals surface area contributed by atoms with Gasteiger partial charge in [-0.1, -0.05) is 6.92 Å². The number of hydrogen-bond acceptors (Lipinski definition) is 4. The second-order valence-electron chi connectivity index (χ2n) is 7.63. The zero-order valence-corrected chi connectivity index (χ0v) is 16.8. The van der Waals surface area contributed by atoms with Crippen molar-refractivity contribution < 1.29 is 9.53 Å². The molecule has 2 heterocycles. The Kier molecular flexibility index (Phi) is 6.14. The van der Waals surface area contributed by atoms with E-state index in [9.17, 15) is 4.79 Å². The van der Waals surface area contributed by atoms with Crippen LogP contribution in [0.25, 0.3) is 0 Å². The molecule has 1 aromatic heterocycles. The summed E-state index contributed by atoms with van der Waals surface area (Å²) in [7, 11) is 0. The van der Waals surface area contributed by atoms with Crippen LogP contribution in [0.15, 0.2) is 15.9 Å². The van der Waals surface area contributed by atoms with Crippen LogP contribution in [0.4, 0.5) is 4.79 Å². The van der Waals surface area contributed by atoms with Crippen molar-refractivity contribution in [3.8, 4) is 0 Å². The van der Waals surface area contributed by atoms with Crippen molar-refractivity contribution in [3.05, 3.63) is 20.8 Å². The summed E-state index contributed by atoms with van der Waals surface area (Å²) in [5.74, 6) is 0. The van der Waals surface area contributed by atoms with Crippen LogP contribution < -0.4 is 5.32 Å². The van der Waals surface area contributed by atoms with Gasteiger partial charge < -0.3 is 15.0 Å². The molecular weight excluding hydrogens is 376 g/mol. The molecule has 0 saturated carbocycles. The Labute approximate surface area is 151 Å². The summed E-state index contributed by atoms with van der Waals surface area (Å²) in [5.41, 5.74) is -0.334. The van der Waals surface area contributed by atoms with E-state index in [1.165, 1.54) is 4.88 Å². The lowest BCUT2D eigenvalue weighted by Crippen LogP contribution is -2.50. The molecule has 1 amide bonds. The fraction of sp³-hybridized carbons (Fsp3) is 0.706. The molecule has 0 radical (unpaired) electrons. The fourth-order valence-corrected chi connectivity index (χ4v) is 4.33. The largest absolute Gasteiger partial charge is 0.444 e. The highest BCUT2D eigenvalue weighted by molar-refractivity contribution is 9.11. The Morgan fingerprint density at radius 2 is 2.22 bits per heavy atom. The SMILES string of the molecule is CC1(CNCc2ccc(Br)s2)CCCN(C(=O)OC(C)(C)C)C1. The van der Waals surface area contributed by atoms with E-state index in [2.05, 4.69) is 40.3 Å². The topological polar surface area (TPSA) is 41.6 Å². The quantitative estimate of drug-likeness (QED) is 0.797. The molecule has 1 saturated heterocycles. The van der Waals surface area contributed by atoms with Gasteiger partial charge in [0.05, 0.1) is 3.79 Å². The molecule has 2 rings (SSSR count). The molecule has 1 aromatic rings. The third-order valence-corrected chi connectivity index (χ3v) is 5.54. The summed E-state index contributed by atoms with van der Waals surface area (Å²) in [6.07, 6.45) is 1.97. The second-order valence-corrected chi connectivity index (χ2v) is 10.2. The van der Waals surface area contributed by atoms with E-state index in [0.29, 0.717) is 0 Å². The van der Waals surface area contributed by atoms with Crippen LogP contribution in [-0.4, -0.2) is 36.2 Å². The Morgan fingerprint density at radius 1 is 1.48 bits per heavy atom. The van der Waals surface area contributed by atoms with Gasteiger partial charge in [0.25, 0.3) is 0 Å². The van der Waals surface area contributed by atoms with E-state index >= 15 is 0 Å². The number of ether oxygens (including phenoxy) is 1. The second kappa shape index (κ2) is 7.53. The molecule has 130 valence electrons. The smallest absolute Gasteiger partial charge is 0.410 e. The number of hydrogen-bond donors (Lipinski definition) is 1. The van der Waals surface area contributed by atoms with Crippen LogP contribution in [0.5, 0.6) is 0 Å². The Bertz CT molecular complexity index is 541. The summed E-state index contributed by atoms with van der Waals surface area (Å²) in [5, 5.41) is 3.54. The molecular formula is C17H27BrN2O2S. The Balaban J connectivity index is 1.84. The third-order valence-electron chi connectivity index (χ3n) is 3.91. The summed E-state index contributed by atoms with van der Waals surface area (Å²) in [6.45, 7) is 11.3. The van der Waals surface area contributed by atoms with Gasteiger partial charge in [-0.3, -0.25) is 0 Å². The number of halogens is 1. The minimum Gasteiger partial charge on any atom is -0.444 e. The first-order valence-corrected chi connectivity index (χ1v) is 9.71. The van der Waals surface area contributed by atoms with Gasteiger partial charge in [0.2, 0.25) is 0 Å². The van der Waals surface area contributed by atoms with Crippen molar-refractivity contribution in [2.45, 2.75) is 52.7 Å². The average Bonchev–Trinajstić information content (AvgIpc) is 2.82. The van der Waals surface area contributed by atoms with Gasteiger partial charge in [-0.05, 0) is 67.1 Å². The first-order chi connectivity index (χ1) is 10.7. The van der Waals surface area contributed by atoms with Gasteiger partial charge in [-0.25, -0.2) is 4.79 Å². The van der Waals surface area contributed by atoms with E-state index < -0.39 is 5.60 Å². The van der Waals surface area contributed by atoms with E-state index in [4.69, 9.17) is 4.74 Å².